The maximum absolute atomic E-state index is 16.4. The predicted molar refractivity (Wildman–Crippen MR) is 407 cm³/mol. The van der Waals surface area contributed by atoms with Crippen molar-refractivity contribution >= 4 is 70.6 Å². The molecule has 5 aliphatic carbocycles. The van der Waals surface area contributed by atoms with Gasteiger partial charge in [-0.2, -0.15) is 0 Å². The van der Waals surface area contributed by atoms with Crippen LogP contribution in [0, 0.1) is 42.4 Å². The number of aliphatic hydroxyl groups excluding tert-OH is 6. The van der Waals surface area contributed by atoms with Crippen LogP contribution in [0.15, 0.2) is 108 Å². The number of aryl methyl sites for hydroxylation is 2. The van der Waals surface area contributed by atoms with Crippen LogP contribution in [0.3, 0.4) is 0 Å². The fourth-order valence-corrected chi connectivity index (χ4v) is 17.4. The molecule has 6 aliphatic heterocycles. The monoisotopic (exact) mass is 1590 g/mol. The molecular weight excluding hydrogens is 1500 g/mol. The number of ether oxygens (including phenoxy) is 4. The summed E-state index contributed by atoms with van der Waals surface area (Å²) in [6.07, 6.45) is -5.32. The molecule has 5 fully saturated rings. The fourth-order valence-electron chi connectivity index (χ4n) is 17.1. The number of halogens is 1. The Hall–Kier alpha value is -10.4. The van der Waals surface area contributed by atoms with Gasteiger partial charge in [0.15, 0.2) is 11.5 Å². The van der Waals surface area contributed by atoms with Crippen molar-refractivity contribution in [2.45, 2.75) is 190 Å². The molecule has 0 unspecified atom stereocenters. The Morgan fingerprint density at radius 2 is 1.36 bits per heavy atom. The number of imide groups is 1. The fraction of sp³-hybridized carbons (Fsp3) is 0.469. The van der Waals surface area contributed by atoms with E-state index in [1.807, 2.05) is 20.8 Å². The van der Waals surface area contributed by atoms with E-state index < -0.39 is 198 Å². The van der Waals surface area contributed by atoms with Crippen molar-refractivity contribution in [3.8, 4) is 51.4 Å². The average molecular weight is 1600 g/mol. The SMILES string of the molecule is CCCCc1ccc(NC(=O)NC(=O)C[C@@H]2NC(=O)[C@H](NC(=O)[C@@H](CC(C)C)NC)[C@H](O)c3ccc(c(C)c3)Oc3cc4cc(c3O[C@@H]3O[C@H](CO)[C@@H](O)[C@H](O)[C@H]3O)OC3=CC[C@@H](C=C3Cl)[C@@H](O)[C@@H]3NC(=O)[C@H](NC(=O)[C@@H]4NC2=O)c2ccc(O)c(c2)-c2c(O)cc(O)cc2[C@@H](C(=O)NC2C4CC5CC(C4)CC2C5)NC3=O)cc1. The van der Waals surface area contributed by atoms with Crippen LogP contribution in [-0.2, 0) is 49.5 Å². The van der Waals surface area contributed by atoms with E-state index in [1.165, 1.54) is 50.4 Å². The average Bonchev–Trinajstić information content (AvgIpc) is 0.755. The number of hydrogen-bond donors (Lipinski definition) is 19. The van der Waals surface area contributed by atoms with E-state index in [2.05, 4.69) is 53.2 Å². The molecule has 114 heavy (non-hydrogen) atoms. The molecule has 0 spiro atoms. The maximum Gasteiger partial charge on any atom is 0.325 e. The Balaban J connectivity index is 0.984. The summed E-state index contributed by atoms with van der Waals surface area (Å²) in [7, 11) is 1.50. The van der Waals surface area contributed by atoms with Crippen LogP contribution in [-0.4, -0.2) is 180 Å². The smallest absolute Gasteiger partial charge is 0.325 e. The number of aromatic hydroxyl groups is 3. The molecule has 19 N–H and O–H groups in total. The van der Waals surface area contributed by atoms with Crippen LogP contribution in [0.25, 0.3) is 11.1 Å². The minimum atomic E-state index is -2.33. The van der Waals surface area contributed by atoms with Gasteiger partial charge in [0.1, 0.15) is 95.5 Å². The van der Waals surface area contributed by atoms with Gasteiger partial charge in [-0.1, -0.05) is 69.1 Å². The van der Waals surface area contributed by atoms with Crippen LogP contribution < -0.4 is 67.4 Å². The van der Waals surface area contributed by atoms with Crippen LogP contribution in [0.1, 0.15) is 143 Å². The lowest BCUT2D eigenvalue weighted by molar-refractivity contribution is -0.277. The largest absolute Gasteiger partial charge is 0.508 e. The molecule has 608 valence electrons. The number of amides is 10. The number of phenolic OH excluding ortho intramolecular Hbond substituents is 3. The molecule has 16 rings (SSSR count). The number of unbranched alkanes of at least 4 members (excludes halogenated alkanes) is 1. The third-order valence-corrected chi connectivity index (χ3v) is 23.1. The lowest BCUT2D eigenvalue weighted by Crippen LogP contribution is -2.60. The standard InChI is InChI=1S/C81H95ClN10O22/c1-6-7-8-36-9-14-45(15-10-36)84-81(110)86-59(97)32-51-74(104)88-63-44-28-56(111-54-17-12-40(20-35(54)4)67(98)65(78(108)85-51)91-73(103)50(83-5)19-34(2)3)72(114-80-71(102)70(101)69(100)58(33-93)113-80)57(29-44)112-55-18-13-41(27-49(55)82)68(99)66-79(109)90-64(77(107)87-61-42-22-37-21-38(24-42)25-43(61)23-37)48-30-46(94)31-53(96)60(48)47-26-39(11-16-52(47)95)62(75(105)92-66)89-76(63)106/h9-12,14-18,20,26-31,34,37-38,41-43,50-51,58,61-71,80,83,93-96,98-102H,6-8,13,19,21-25,32-33H2,1-5H3,(H,85,108)(H,87,107)(H,88,104)(H,89,106)(H,90,109)(H,91,103)(H,92,105)(H2,84,86,97,110)/t37?,38?,41-,42?,43?,50+,51-,58+,61?,62+,63+,64-,65+,66-,67+,68+,69+,70-,71+,80-/m0/s1. The molecule has 33 heteroatoms. The zero-order valence-corrected chi connectivity index (χ0v) is 63.8. The zero-order chi connectivity index (χ0) is 81.4. The Morgan fingerprint density at radius 1 is 0.684 bits per heavy atom. The van der Waals surface area contributed by atoms with Gasteiger partial charge >= 0.3 is 6.03 Å². The highest BCUT2D eigenvalue weighted by atomic mass is 35.5. The van der Waals surface area contributed by atoms with Crippen molar-refractivity contribution in [3.05, 3.63) is 141 Å². The maximum atomic E-state index is 16.4. The van der Waals surface area contributed by atoms with E-state index in [4.69, 9.17) is 30.5 Å². The molecule has 1 saturated heterocycles. The Kier molecular flexibility index (Phi) is 24.6. The second kappa shape index (κ2) is 34.3. The molecule has 5 aromatic carbocycles. The lowest BCUT2D eigenvalue weighted by atomic mass is 9.54. The number of carbonyl (C=O) groups excluding carboxylic acids is 9. The summed E-state index contributed by atoms with van der Waals surface area (Å²) in [5, 5.41) is 131. The molecule has 0 radical (unpaired) electrons. The van der Waals surface area contributed by atoms with Crippen molar-refractivity contribution in [1.29, 1.82) is 0 Å². The number of benzene rings is 5. The lowest BCUT2D eigenvalue weighted by Gasteiger charge is -2.54. The van der Waals surface area contributed by atoms with Crippen LogP contribution >= 0.6 is 11.6 Å². The first-order valence-electron chi connectivity index (χ1n) is 38.4. The topological polar surface area (TPSA) is 493 Å². The van der Waals surface area contributed by atoms with E-state index in [0.717, 1.165) is 93.3 Å². The summed E-state index contributed by atoms with van der Waals surface area (Å²) < 4.78 is 25.7. The highest BCUT2D eigenvalue weighted by Gasteiger charge is 2.51. The Bertz CT molecular complexity index is 4610. The van der Waals surface area contributed by atoms with Crippen LogP contribution in [0.4, 0.5) is 10.5 Å². The predicted octanol–water partition coefficient (Wildman–Crippen LogP) is 3.87. The molecule has 5 aromatic rings. The summed E-state index contributed by atoms with van der Waals surface area (Å²) in [5.74, 6) is -13.7. The van der Waals surface area contributed by atoms with E-state index in [1.54, 1.807) is 24.3 Å². The van der Waals surface area contributed by atoms with Gasteiger partial charge in [0.05, 0.1) is 30.2 Å². The number of allylic oxidation sites excluding steroid dienone is 2. The first-order chi connectivity index (χ1) is 54.4. The number of phenols is 3. The first-order valence-corrected chi connectivity index (χ1v) is 38.8. The molecule has 6 heterocycles. The second-order valence-electron chi connectivity index (χ2n) is 31.3. The summed E-state index contributed by atoms with van der Waals surface area (Å²) in [4.78, 5) is 137. The van der Waals surface area contributed by atoms with Gasteiger partial charge in [-0.3, -0.25) is 43.7 Å². The van der Waals surface area contributed by atoms with E-state index in [0.29, 0.717) is 11.8 Å². The number of carbonyl (C=O) groups is 9. The Labute approximate surface area is 660 Å². The second-order valence-corrected chi connectivity index (χ2v) is 31.7. The molecule has 32 nitrogen and oxygen atoms in total. The number of nitrogens with one attached hydrogen (secondary N) is 10. The summed E-state index contributed by atoms with van der Waals surface area (Å²) in [6, 6.07) is 3.18. The van der Waals surface area contributed by atoms with Crippen LogP contribution in [0.2, 0.25) is 0 Å². The number of urea groups is 1. The van der Waals surface area contributed by atoms with Crippen molar-refractivity contribution in [2.75, 3.05) is 19.0 Å². The minimum absolute atomic E-state index is 0.0384. The minimum Gasteiger partial charge on any atom is -0.508 e. The normalized spacial score (nSPS) is 29.4. The quantitative estimate of drug-likeness (QED) is 0.0666. The molecule has 0 aromatic heterocycles. The van der Waals surface area contributed by atoms with E-state index >= 15 is 28.8 Å². The number of hydrogen-bond acceptors (Lipinski definition) is 23. The third kappa shape index (κ3) is 17.5. The van der Waals surface area contributed by atoms with Crippen molar-refractivity contribution in [3.63, 3.8) is 0 Å². The zero-order valence-electron chi connectivity index (χ0n) is 63.1. The number of fused-ring (bicyclic) bond motifs is 14. The van der Waals surface area contributed by atoms with Gasteiger partial charge in [-0.05, 0) is 195 Å². The summed E-state index contributed by atoms with van der Waals surface area (Å²) in [5.41, 5.74) is -0.277. The summed E-state index contributed by atoms with van der Waals surface area (Å²) >= 11 is 7.21. The third-order valence-electron chi connectivity index (χ3n) is 22.8. The number of rotatable bonds is 16. The van der Waals surface area contributed by atoms with Gasteiger partial charge in [0.25, 0.3) is 0 Å². The van der Waals surface area contributed by atoms with Gasteiger partial charge in [0, 0.05) is 34.8 Å². The number of likely N-dealkylation sites (N-methyl/N-ethyl adjacent to an activating group) is 1. The Morgan fingerprint density at radius 3 is 2.03 bits per heavy atom. The van der Waals surface area contributed by atoms with Gasteiger partial charge < -0.3 is 113 Å². The molecule has 15 bridgehead atoms. The van der Waals surface area contributed by atoms with Crippen molar-refractivity contribution in [1.82, 2.24) is 47.9 Å². The molecule has 11 aliphatic rings. The van der Waals surface area contributed by atoms with Gasteiger partial charge in [-0.15, -0.1) is 0 Å². The number of anilines is 1. The van der Waals surface area contributed by atoms with E-state index in [9.17, 15) is 60.3 Å². The highest BCUT2D eigenvalue weighted by Crippen LogP contribution is 2.55. The van der Waals surface area contributed by atoms with Crippen molar-refractivity contribution < 1.29 is 108 Å². The van der Waals surface area contributed by atoms with E-state index in [-0.39, 0.29) is 92.2 Å². The molecule has 15 atom stereocenters. The van der Waals surface area contributed by atoms with Gasteiger partial charge in [0.2, 0.25) is 59.3 Å². The molecular formula is C81H95ClN10O22. The van der Waals surface area contributed by atoms with Crippen molar-refractivity contribution in [2.24, 2.45) is 35.5 Å². The number of aliphatic hydroxyl groups is 6. The van der Waals surface area contributed by atoms with Crippen LogP contribution in [0.5, 0.6) is 40.2 Å². The summed E-state index contributed by atoms with van der Waals surface area (Å²) in [6.45, 7) is 6.29. The van der Waals surface area contributed by atoms with Gasteiger partial charge in [-0.25, -0.2) is 4.79 Å². The molecule has 10 amide bonds. The highest BCUT2D eigenvalue weighted by molar-refractivity contribution is 6.31. The first kappa shape index (κ1) is 81.6. The molecule has 4 saturated carbocycles.